The number of aromatic nitrogens is 3. The molecule has 0 aliphatic carbocycles. The molecular formula is C15H18ClN3O2. The van der Waals surface area contributed by atoms with Crippen molar-refractivity contribution in [2.75, 3.05) is 7.11 Å². The smallest absolute Gasteiger partial charge is 0.326 e. The SMILES string of the molecule is CCCCc1ccc(Oc2nc(C)nc(Cl)n2)c(OC)c1. The molecule has 1 aromatic carbocycles. The molecule has 0 unspecified atom stereocenters. The molecular weight excluding hydrogens is 290 g/mol. The van der Waals surface area contributed by atoms with E-state index in [0.717, 1.165) is 19.3 Å². The number of aryl methyl sites for hydroxylation is 2. The van der Waals surface area contributed by atoms with Gasteiger partial charge in [-0.3, -0.25) is 0 Å². The quantitative estimate of drug-likeness (QED) is 0.808. The van der Waals surface area contributed by atoms with Crippen molar-refractivity contribution >= 4 is 11.6 Å². The summed E-state index contributed by atoms with van der Waals surface area (Å²) in [4.78, 5) is 11.9. The summed E-state index contributed by atoms with van der Waals surface area (Å²) in [5.41, 5.74) is 1.21. The van der Waals surface area contributed by atoms with Crippen LogP contribution in [0.15, 0.2) is 18.2 Å². The van der Waals surface area contributed by atoms with E-state index in [2.05, 4.69) is 21.9 Å². The molecule has 0 N–H and O–H groups in total. The summed E-state index contributed by atoms with van der Waals surface area (Å²) in [5, 5.41) is 0.107. The van der Waals surface area contributed by atoms with E-state index in [0.29, 0.717) is 17.3 Å². The normalized spacial score (nSPS) is 10.5. The highest BCUT2D eigenvalue weighted by Crippen LogP contribution is 2.31. The van der Waals surface area contributed by atoms with Gasteiger partial charge in [0.05, 0.1) is 7.11 Å². The maximum Gasteiger partial charge on any atom is 0.326 e. The van der Waals surface area contributed by atoms with Crippen LogP contribution in [0.3, 0.4) is 0 Å². The molecule has 0 aliphatic heterocycles. The van der Waals surface area contributed by atoms with Gasteiger partial charge in [0.15, 0.2) is 11.5 Å². The number of hydrogen-bond donors (Lipinski definition) is 0. The molecule has 0 saturated carbocycles. The van der Waals surface area contributed by atoms with Gasteiger partial charge in [-0.25, -0.2) is 4.98 Å². The number of halogens is 1. The summed E-state index contributed by atoms with van der Waals surface area (Å²) >= 11 is 5.80. The largest absolute Gasteiger partial charge is 0.493 e. The molecule has 0 radical (unpaired) electrons. The highest BCUT2D eigenvalue weighted by atomic mass is 35.5. The molecule has 1 heterocycles. The van der Waals surface area contributed by atoms with Crippen LogP contribution >= 0.6 is 11.6 Å². The van der Waals surface area contributed by atoms with Gasteiger partial charge in [-0.15, -0.1) is 0 Å². The lowest BCUT2D eigenvalue weighted by Gasteiger charge is -2.11. The minimum Gasteiger partial charge on any atom is -0.493 e. The lowest BCUT2D eigenvalue weighted by atomic mass is 10.1. The van der Waals surface area contributed by atoms with E-state index in [9.17, 15) is 0 Å². The van der Waals surface area contributed by atoms with Crippen LogP contribution in [0.2, 0.25) is 5.28 Å². The predicted octanol–water partition coefficient (Wildman–Crippen LogP) is 3.98. The van der Waals surface area contributed by atoms with E-state index < -0.39 is 0 Å². The zero-order chi connectivity index (χ0) is 15.2. The van der Waals surface area contributed by atoms with Crippen LogP contribution in [0.4, 0.5) is 0 Å². The molecule has 112 valence electrons. The molecule has 0 spiro atoms. The van der Waals surface area contributed by atoms with Crippen molar-refractivity contribution in [3.05, 3.63) is 34.9 Å². The average Bonchev–Trinajstić information content (AvgIpc) is 2.45. The number of methoxy groups -OCH3 is 1. The Morgan fingerprint density at radius 1 is 1.14 bits per heavy atom. The van der Waals surface area contributed by atoms with Crippen molar-refractivity contribution in [3.63, 3.8) is 0 Å². The third-order valence-corrected chi connectivity index (χ3v) is 3.12. The third-order valence-electron chi connectivity index (χ3n) is 2.95. The van der Waals surface area contributed by atoms with E-state index in [-0.39, 0.29) is 11.3 Å². The second-order valence-corrected chi connectivity index (χ2v) is 4.96. The lowest BCUT2D eigenvalue weighted by Crippen LogP contribution is -1.99. The van der Waals surface area contributed by atoms with E-state index in [1.54, 1.807) is 14.0 Å². The van der Waals surface area contributed by atoms with Crippen LogP contribution in [-0.2, 0) is 6.42 Å². The fourth-order valence-electron chi connectivity index (χ4n) is 1.90. The first-order valence-corrected chi connectivity index (χ1v) is 7.23. The minimum absolute atomic E-state index is 0.107. The van der Waals surface area contributed by atoms with Gasteiger partial charge in [-0.05, 0) is 49.1 Å². The second kappa shape index (κ2) is 7.22. The highest BCUT2D eigenvalue weighted by molar-refractivity contribution is 6.28. The van der Waals surface area contributed by atoms with E-state index in [1.165, 1.54) is 5.56 Å². The first-order chi connectivity index (χ1) is 10.1. The zero-order valence-corrected chi connectivity index (χ0v) is 13.1. The summed E-state index contributed by atoms with van der Waals surface area (Å²) in [7, 11) is 1.61. The van der Waals surface area contributed by atoms with E-state index >= 15 is 0 Å². The number of hydrogen-bond acceptors (Lipinski definition) is 5. The minimum atomic E-state index is 0.107. The van der Waals surface area contributed by atoms with Gasteiger partial charge in [0, 0.05) is 0 Å². The second-order valence-electron chi connectivity index (χ2n) is 4.63. The monoisotopic (exact) mass is 307 g/mol. The number of ether oxygens (including phenoxy) is 2. The van der Waals surface area contributed by atoms with Crippen molar-refractivity contribution < 1.29 is 9.47 Å². The van der Waals surface area contributed by atoms with Crippen molar-refractivity contribution in [3.8, 4) is 17.5 Å². The zero-order valence-electron chi connectivity index (χ0n) is 12.4. The molecule has 0 fully saturated rings. The molecule has 5 nitrogen and oxygen atoms in total. The average molecular weight is 308 g/mol. The number of nitrogens with zero attached hydrogens (tertiary/aromatic N) is 3. The molecule has 2 aromatic rings. The third kappa shape index (κ3) is 4.29. The van der Waals surface area contributed by atoms with Crippen molar-refractivity contribution in [2.45, 2.75) is 33.1 Å². The van der Waals surface area contributed by atoms with Crippen molar-refractivity contribution in [1.29, 1.82) is 0 Å². The van der Waals surface area contributed by atoms with Gasteiger partial charge in [0.25, 0.3) is 0 Å². The van der Waals surface area contributed by atoms with Gasteiger partial charge in [0.2, 0.25) is 5.28 Å². The Hall–Kier alpha value is -1.88. The van der Waals surface area contributed by atoms with Gasteiger partial charge in [0.1, 0.15) is 5.82 Å². The maximum atomic E-state index is 5.80. The highest BCUT2D eigenvalue weighted by Gasteiger charge is 2.10. The Bertz CT molecular complexity index is 600. The summed E-state index contributed by atoms with van der Waals surface area (Å²) in [5.74, 6) is 1.71. The summed E-state index contributed by atoms with van der Waals surface area (Å²) in [6.07, 6.45) is 3.32. The molecule has 21 heavy (non-hydrogen) atoms. The standard InChI is InChI=1S/C15H18ClN3O2/c1-4-5-6-11-7-8-12(13(9-11)20-3)21-15-18-10(2)17-14(16)19-15/h7-9H,4-6H2,1-3H3. The summed E-state index contributed by atoms with van der Waals surface area (Å²) in [6, 6.07) is 6.01. The van der Waals surface area contributed by atoms with Gasteiger partial charge < -0.3 is 9.47 Å². The Morgan fingerprint density at radius 3 is 2.62 bits per heavy atom. The van der Waals surface area contributed by atoms with Gasteiger partial charge >= 0.3 is 6.01 Å². The van der Waals surface area contributed by atoms with E-state index in [4.69, 9.17) is 21.1 Å². The van der Waals surface area contributed by atoms with Crippen molar-refractivity contribution in [1.82, 2.24) is 15.0 Å². The Labute approximate surface area is 129 Å². The van der Waals surface area contributed by atoms with Crippen molar-refractivity contribution in [2.24, 2.45) is 0 Å². The van der Waals surface area contributed by atoms with Crippen LogP contribution in [0.1, 0.15) is 31.2 Å². The molecule has 0 bridgehead atoms. The Morgan fingerprint density at radius 2 is 1.95 bits per heavy atom. The molecule has 2 rings (SSSR count). The number of unbranched alkanes of at least 4 members (excludes halogenated alkanes) is 1. The molecule has 0 atom stereocenters. The fraction of sp³-hybridized carbons (Fsp3) is 0.400. The molecule has 0 aliphatic rings. The lowest BCUT2D eigenvalue weighted by molar-refractivity contribution is 0.366. The molecule has 0 amide bonds. The van der Waals surface area contributed by atoms with E-state index in [1.807, 2.05) is 18.2 Å². The summed E-state index contributed by atoms with van der Waals surface area (Å²) < 4.78 is 11.0. The molecule has 0 saturated heterocycles. The van der Waals surface area contributed by atoms with Gasteiger partial charge in [-0.2, -0.15) is 9.97 Å². The summed E-state index contributed by atoms with van der Waals surface area (Å²) in [6.45, 7) is 3.90. The first kappa shape index (κ1) is 15.5. The van der Waals surface area contributed by atoms with Crippen LogP contribution < -0.4 is 9.47 Å². The van der Waals surface area contributed by atoms with Crippen LogP contribution in [0.25, 0.3) is 0 Å². The predicted molar refractivity (Wildman–Crippen MR) is 81.3 cm³/mol. The van der Waals surface area contributed by atoms with Crippen LogP contribution in [0, 0.1) is 6.92 Å². The topological polar surface area (TPSA) is 57.1 Å². The fourth-order valence-corrected chi connectivity index (χ4v) is 2.10. The Kier molecular flexibility index (Phi) is 5.33. The number of rotatable bonds is 6. The molecule has 6 heteroatoms. The van der Waals surface area contributed by atoms with Crippen LogP contribution in [0.5, 0.6) is 17.5 Å². The number of benzene rings is 1. The molecule has 1 aromatic heterocycles. The van der Waals surface area contributed by atoms with Gasteiger partial charge in [-0.1, -0.05) is 19.4 Å². The first-order valence-electron chi connectivity index (χ1n) is 6.85. The van der Waals surface area contributed by atoms with Crippen LogP contribution in [-0.4, -0.2) is 22.1 Å². The Balaban J connectivity index is 2.22. The maximum absolute atomic E-state index is 5.80.